The summed E-state index contributed by atoms with van der Waals surface area (Å²) in [4.78, 5) is 11.7. The van der Waals surface area contributed by atoms with Gasteiger partial charge in [0.2, 0.25) is 0 Å². The van der Waals surface area contributed by atoms with Crippen LogP contribution in [0.15, 0.2) is 22.3 Å². The zero-order valence-electron chi connectivity index (χ0n) is 23.8. The maximum Gasteiger partial charge on any atom is 0.302 e. The van der Waals surface area contributed by atoms with Gasteiger partial charge in [-0.15, -0.1) is 0 Å². The summed E-state index contributed by atoms with van der Waals surface area (Å²) in [7, 11) is 0. The van der Waals surface area contributed by atoms with Crippen molar-refractivity contribution in [1.82, 2.24) is 0 Å². The van der Waals surface area contributed by atoms with Crippen molar-refractivity contribution in [3.05, 3.63) is 22.3 Å². The highest BCUT2D eigenvalue weighted by molar-refractivity contribution is 5.66. The van der Waals surface area contributed by atoms with Gasteiger partial charge in [-0.25, -0.2) is 0 Å². The van der Waals surface area contributed by atoms with Crippen LogP contribution in [0.1, 0.15) is 127 Å². The van der Waals surface area contributed by atoms with Gasteiger partial charge in [0.15, 0.2) is 0 Å². The van der Waals surface area contributed by atoms with Gasteiger partial charge in [0, 0.05) is 6.92 Å². The molecule has 0 bridgehead atoms. The molecule has 0 saturated heterocycles. The fourth-order valence-corrected chi connectivity index (χ4v) is 9.51. The van der Waals surface area contributed by atoms with Crippen molar-refractivity contribution < 1.29 is 9.53 Å². The molecule has 0 amide bonds. The average Bonchev–Trinajstić information content (AvgIpc) is 3.05. The van der Waals surface area contributed by atoms with Crippen molar-refractivity contribution in [3.63, 3.8) is 0 Å². The largest absolute Gasteiger partial charge is 0.462 e. The fourth-order valence-electron chi connectivity index (χ4n) is 9.51. The Bertz CT molecular complexity index is 875. The van der Waals surface area contributed by atoms with Crippen molar-refractivity contribution in [1.29, 1.82) is 0 Å². The highest BCUT2D eigenvalue weighted by Gasteiger charge is 2.62. The number of hydrogen-bond donors (Lipinski definition) is 0. The van der Waals surface area contributed by atoms with E-state index in [1.807, 2.05) is 11.1 Å². The number of hydrogen-bond acceptors (Lipinski definition) is 2. The van der Waals surface area contributed by atoms with Gasteiger partial charge in [-0.2, -0.15) is 0 Å². The second-order valence-corrected chi connectivity index (χ2v) is 13.8. The molecule has 192 valence electrons. The van der Waals surface area contributed by atoms with E-state index in [2.05, 4.69) is 55.4 Å². The van der Waals surface area contributed by atoms with Gasteiger partial charge in [-0.3, -0.25) is 4.79 Å². The predicted molar refractivity (Wildman–Crippen MR) is 142 cm³/mol. The molecule has 34 heavy (non-hydrogen) atoms. The normalized spacial score (nSPS) is 42.4. The van der Waals surface area contributed by atoms with Crippen molar-refractivity contribution >= 4 is 5.97 Å². The van der Waals surface area contributed by atoms with E-state index in [9.17, 15) is 4.79 Å². The van der Waals surface area contributed by atoms with Gasteiger partial charge in [-0.1, -0.05) is 56.9 Å². The van der Waals surface area contributed by atoms with Crippen molar-refractivity contribution in [2.75, 3.05) is 0 Å². The second kappa shape index (κ2) is 9.11. The number of allylic oxidation sites excluding steroid dienone is 4. The molecule has 0 aromatic carbocycles. The predicted octanol–water partition coefficient (Wildman–Crippen LogP) is 9.05. The third-order valence-electron chi connectivity index (χ3n) is 12.2. The van der Waals surface area contributed by atoms with Crippen LogP contribution in [-0.4, -0.2) is 12.1 Å². The minimum atomic E-state index is -0.108. The van der Waals surface area contributed by atoms with Gasteiger partial charge in [0.25, 0.3) is 0 Å². The van der Waals surface area contributed by atoms with Gasteiger partial charge >= 0.3 is 5.97 Å². The number of carbonyl (C=O) groups is 1. The Kier molecular flexibility index (Phi) is 6.98. The van der Waals surface area contributed by atoms with Crippen molar-refractivity contribution in [3.8, 4) is 0 Å². The van der Waals surface area contributed by atoms with Crippen LogP contribution in [0, 0.1) is 39.9 Å². The van der Waals surface area contributed by atoms with E-state index >= 15 is 0 Å². The number of carbonyl (C=O) groups excluding carboxylic acids is 1. The summed E-state index contributed by atoms with van der Waals surface area (Å²) in [6, 6.07) is 0. The molecule has 2 heteroatoms. The lowest BCUT2D eigenvalue weighted by atomic mass is 9.45. The number of fused-ring (bicyclic) bond motifs is 4. The molecule has 0 spiro atoms. The van der Waals surface area contributed by atoms with Gasteiger partial charge in [-0.05, 0) is 125 Å². The lowest BCUT2D eigenvalue weighted by Crippen LogP contribution is -2.52. The molecular formula is C32H52O2. The standard InChI is InChI=1S/C32H52O2/c1-20(2)21(3)10-11-22(4)25-14-18-32(9)28-13-12-26-23(5)29(34-24(6)33)16-17-30(26,7)27(28)15-19-31(25,32)8/h22-23,25-26,29H,10-19H2,1-9H3. The smallest absolute Gasteiger partial charge is 0.302 e. The first-order valence-electron chi connectivity index (χ1n) is 14.4. The molecule has 0 heterocycles. The summed E-state index contributed by atoms with van der Waals surface area (Å²) in [5.41, 5.74) is 7.92. The minimum absolute atomic E-state index is 0.108. The lowest BCUT2D eigenvalue weighted by Gasteiger charge is -2.60. The highest BCUT2D eigenvalue weighted by Crippen LogP contribution is 2.71. The lowest BCUT2D eigenvalue weighted by molar-refractivity contribution is -0.155. The topological polar surface area (TPSA) is 26.3 Å². The fraction of sp³-hybridized carbons (Fsp3) is 0.844. The van der Waals surface area contributed by atoms with E-state index in [0.717, 1.165) is 18.3 Å². The number of ether oxygens (including phenoxy) is 1. The van der Waals surface area contributed by atoms with E-state index in [-0.39, 0.29) is 12.1 Å². The van der Waals surface area contributed by atoms with Crippen LogP contribution in [0.2, 0.25) is 0 Å². The Morgan fingerprint density at radius 1 is 0.971 bits per heavy atom. The summed E-state index contributed by atoms with van der Waals surface area (Å²) >= 11 is 0. The maximum absolute atomic E-state index is 11.7. The summed E-state index contributed by atoms with van der Waals surface area (Å²) in [5, 5.41) is 0. The van der Waals surface area contributed by atoms with Crippen molar-refractivity contribution in [2.45, 2.75) is 133 Å². The summed E-state index contributed by atoms with van der Waals surface area (Å²) in [6.07, 6.45) is 12.9. The zero-order valence-corrected chi connectivity index (χ0v) is 23.8. The van der Waals surface area contributed by atoms with Crippen LogP contribution in [0.3, 0.4) is 0 Å². The third-order valence-corrected chi connectivity index (χ3v) is 12.2. The molecule has 4 aliphatic carbocycles. The summed E-state index contributed by atoms with van der Waals surface area (Å²) in [6.45, 7) is 21.3. The van der Waals surface area contributed by atoms with Gasteiger partial charge in [0.1, 0.15) is 6.10 Å². The van der Waals surface area contributed by atoms with Crippen LogP contribution in [0.25, 0.3) is 0 Å². The average molecular weight is 469 g/mol. The summed E-state index contributed by atoms with van der Waals surface area (Å²) in [5.74, 6) is 2.66. The van der Waals surface area contributed by atoms with E-state index < -0.39 is 0 Å². The maximum atomic E-state index is 11.7. The molecule has 0 N–H and O–H groups in total. The van der Waals surface area contributed by atoms with Gasteiger partial charge < -0.3 is 4.74 Å². The Morgan fingerprint density at radius 2 is 1.68 bits per heavy atom. The van der Waals surface area contributed by atoms with Crippen LogP contribution in [0.4, 0.5) is 0 Å². The molecule has 2 saturated carbocycles. The quantitative estimate of drug-likeness (QED) is 0.297. The molecule has 8 atom stereocenters. The molecule has 0 radical (unpaired) electrons. The molecule has 4 rings (SSSR count). The first kappa shape index (κ1) is 26.0. The van der Waals surface area contributed by atoms with E-state index in [4.69, 9.17) is 4.74 Å². The van der Waals surface area contributed by atoms with E-state index in [0.29, 0.717) is 28.1 Å². The monoisotopic (exact) mass is 468 g/mol. The van der Waals surface area contributed by atoms with E-state index in [1.165, 1.54) is 63.4 Å². The van der Waals surface area contributed by atoms with Crippen LogP contribution >= 0.6 is 0 Å². The van der Waals surface area contributed by atoms with Crippen LogP contribution in [-0.2, 0) is 9.53 Å². The SMILES string of the molecule is CC(=O)OC1CCC2(C)C3=C(CCC2C1C)C1(C)CCC(C(C)CCC(C)=C(C)C)C1(C)CC3. The Morgan fingerprint density at radius 3 is 2.32 bits per heavy atom. The molecule has 0 aromatic rings. The zero-order chi connectivity index (χ0) is 25.1. The highest BCUT2D eigenvalue weighted by atomic mass is 16.5. The third kappa shape index (κ3) is 3.94. The Balaban J connectivity index is 1.59. The molecule has 2 fully saturated rings. The Hall–Kier alpha value is -1.05. The first-order chi connectivity index (χ1) is 15.8. The first-order valence-corrected chi connectivity index (χ1v) is 14.4. The van der Waals surface area contributed by atoms with Gasteiger partial charge in [0.05, 0.1) is 0 Å². The van der Waals surface area contributed by atoms with Crippen LogP contribution < -0.4 is 0 Å². The second-order valence-electron chi connectivity index (χ2n) is 13.8. The van der Waals surface area contributed by atoms with Crippen molar-refractivity contribution in [2.24, 2.45) is 39.9 Å². The van der Waals surface area contributed by atoms with E-state index in [1.54, 1.807) is 12.5 Å². The molecule has 0 aliphatic heterocycles. The van der Waals surface area contributed by atoms with Crippen LogP contribution in [0.5, 0.6) is 0 Å². The molecular weight excluding hydrogens is 416 g/mol. The summed E-state index contributed by atoms with van der Waals surface area (Å²) < 4.78 is 5.78. The molecule has 2 nitrogen and oxygen atoms in total. The number of esters is 1. The minimum Gasteiger partial charge on any atom is -0.462 e. The molecule has 8 unspecified atom stereocenters. The molecule has 4 aliphatic rings. The Labute approximate surface area is 210 Å². The number of rotatable bonds is 5. The molecule has 0 aromatic heterocycles.